The average molecular weight is 240 g/mol. The number of carbonyl (C=O) groups is 1. The van der Waals surface area contributed by atoms with Gasteiger partial charge in [-0.3, -0.25) is 0 Å². The Morgan fingerprint density at radius 1 is 1.53 bits per heavy atom. The van der Waals surface area contributed by atoms with Crippen molar-refractivity contribution in [3.05, 3.63) is 29.6 Å². The smallest absolute Gasteiger partial charge is 0.326 e. The molecule has 0 heterocycles. The third-order valence-electron chi connectivity index (χ3n) is 2.51. The molecule has 94 valence electrons. The Hall–Kier alpha value is -1.62. The topological polar surface area (TPSA) is 75.3 Å². The first-order chi connectivity index (χ1) is 7.95. The molecule has 0 spiro atoms. The predicted octanol–water partition coefficient (Wildman–Crippen LogP) is 1.81. The fraction of sp³-hybridized carbons (Fsp3) is 0.417. The number of hydrogen-bond donors (Lipinski definition) is 3. The van der Waals surface area contributed by atoms with E-state index in [9.17, 15) is 9.18 Å². The van der Waals surface area contributed by atoms with Gasteiger partial charge in [0.2, 0.25) is 0 Å². The summed E-state index contributed by atoms with van der Waals surface area (Å²) in [7, 11) is 0. The minimum Gasteiger partial charge on any atom is -0.480 e. The molecule has 1 atom stereocenters. The molecular formula is C12H17FN2O2. The summed E-state index contributed by atoms with van der Waals surface area (Å²) in [5.74, 6) is -1.62. The number of hydrogen-bond acceptors (Lipinski definition) is 3. The molecule has 0 aromatic heterocycles. The van der Waals surface area contributed by atoms with Gasteiger partial charge in [0, 0.05) is 6.54 Å². The molecule has 0 fully saturated rings. The minimum absolute atomic E-state index is 0.138. The van der Waals surface area contributed by atoms with Gasteiger partial charge in [0.1, 0.15) is 11.9 Å². The molecule has 0 unspecified atom stereocenters. The van der Waals surface area contributed by atoms with Crippen molar-refractivity contribution in [3.8, 4) is 0 Å². The molecule has 4 N–H and O–H groups in total. The van der Waals surface area contributed by atoms with E-state index in [1.807, 2.05) is 0 Å². The van der Waals surface area contributed by atoms with Gasteiger partial charge >= 0.3 is 5.97 Å². The van der Waals surface area contributed by atoms with Crippen LogP contribution < -0.4 is 11.1 Å². The summed E-state index contributed by atoms with van der Waals surface area (Å²) >= 11 is 0. The van der Waals surface area contributed by atoms with Gasteiger partial charge in [-0.1, -0.05) is 19.9 Å². The Morgan fingerprint density at radius 2 is 2.18 bits per heavy atom. The molecule has 1 aromatic carbocycles. The van der Waals surface area contributed by atoms with Crippen LogP contribution in [-0.2, 0) is 11.3 Å². The summed E-state index contributed by atoms with van der Waals surface area (Å²) < 4.78 is 13.6. The summed E-state index contributed by atoms with van der Waals surface area (Å²) in [5.41, 5.74) is 6.24. The Kier molecular flexibility index (Phi) is 4.45. The van der Waals surface area contributed by atoms with Crippen molar-refractivity contribution in [3.63, 3.8) is 0 Å². The number of carboxylic acid groups (broad SMARTS) is 1. The van der Waals surface area contributed by atoms with Crippen LogP contribution in [-0.4, -0.2) is 17.1 Å². The Labute approximate surface area is 99.6 Å². The van der Waals surface area contributed by atoms with Gasteiger partial charge in [0.05, 0.1) is 5.69 Å². The highest BCUT2D eigenvalue weighted by atomic mass is 19.1. The largest absolute Gasteiger partial charge is 0.480 e. The van der Waals surface area contributed by atoms with Crippen molar-refractivity contribution in [2.24, 2.45) is 11.7 Å². The number of nitrogens with one attached hydrogen (secondary N) is 1. The van der Waals surface area contributed by atoms with Crippen LogP contribution in [0.4, 0.5) is 10.1 Å². The maximum absolute atomic E-state index is 13.6. The summed E-state index contributed by atoms with van der Waals surface area (Å²) in [5, 5.41) is 11.7. The van der Waals surface area contributed by atoms with Crippen molar-refractivity contribution in [1.82, 2.24) is 0 Å². The first kappa shape index (κ1) is 13.4. The first-order valence-electron chi connectivity index (χ1n) is 5.43. The summed E-state index contributed by atoms with van der Waals surface area (Å²) in [4.78, 5) is 11.0. The Balaban J connectivity index is 2.90. The molecule has 0 bridgehead atoms. The Morgan fingerprint density at radius 3 is 2.59 bits per heavy atom. The maximum atomic E-state index is 13.6. The number of nitrogens with two attached hydrogens (primary N) is 1. The number of carboxylic acids is 1. The molecule has 1 rings (SSSR count). The van der Waals surface area contributed by atoms with Gasteiger partial charge in [0.15, 0.2) is 0 Å². The highest BCUT2D eigenvalue weighted by Gasteiger charge is 2.22. The zero-order valence-electron chi connectivity index (χ0n) is 9.90. The molecule has 0 aliphatic carbocycles. The summed E-state index contributed by atoms with van der Waals surface area (Å²) in [6, 6.07) is 3.68. The predicted molar refractivity (Wildman–Crippen MR) is 64.2 cm³/mol. The zero-order chi connectivity index (χ0) is 13.0. The van der Waals surface area contributed by atoms with Crippen LogP contribution in [0, 0.1) is 11.7 Å². The number of anilines is 1. The van der Waals surface area contributed by atoms with E-state index in [0.29, 0.717) is 5.56 Å². The van der Waals surface area contributed by atoms with Crippen LogP contribution in [0.3, 0.4) is 0 Å². The minimum atomic E-state index is -0.998. The van der Waals surface area contributed by atoms with E-state index in [0.717, 1.165) is 0 Å². The third kappa shape index (κ3) is 3.42. The fourth-order valence-electron chi connectivity index (χ4n) is 1.48. The molecule has 0 saturated carbocycles. The summed E-state index contributed by atoms with van der Waals surface area (Å²) in [6.07, 6.45) is 0. The second-order valence-electron chi connectivity index (χ2n) is 4.22. The normalized spacial score (nSPS) is 12.5. The van der Waals surface area contributed by atoms with Crippen LogP contribution >= 0.6 is 0 Å². The number of benzene rings is 1. The second-order valence-corrected chi connectivity index (χ2v) is 4.22. The van der Waals surface area contributed by atoms with Crippen molar-refractivity contribution in [1.29, 1.82) is 0 Å². The third-order valence-corrected chi connectivity index (χ3v) is 2.51. The molecule has 0 amide bonds. The first-order valence-corrected chi connectivity index (χ1v) is 5.43. The van der Waals surface area contributed by atoms with E-state index in [4.69, 9.17) is 10.8 Å². The van der Waals surface area contributed by atoms with E-state index in [-0.39, 0.29) is 18.2 Å². The number of aliphatic carboxylic acids is 1. The highest BCUT2D eigenvalue weighted by Crippen LogP contribution is 2.18. The van der Waals surface area contributed by atoms with Crippen LogP contribution in [0.2, 0.25) is 0 Å². The molecular weight excluding hydrogens is 223 g/mol. The van der Waals surface area contributed by atoms with E-state index >= 15 is 0 Å². The van der Waals surface area contributed by atoms with Crippen LogP contribution in [0.1, 0.15) is 19.4 Å². The lowest BCUT2D eigenvalue weighted by Gasteiger charge is -2.19. The zero-order valence-corrected chi connectivity index (χ0v) is 9.90. The Bertz CT molecular complexity index is 407. The lowest BCUT2D eigenvalue weighted by Crippen LogP contribution is -2.34. The van der Waals surface area contributed by atoms with Gasteiger partial charge < -0.3 is 16.2 Å². The standard InChI is InChI=1S/C12H17FN2O2/c1-7(2)11(12(16)17)15-10-4-3-8(6-14)5-9(10)13/h3-5,7,11,15H,6,14H2,1-2H3,(H,16,17)/t11-/m1/s1. The monoisotopic (exact) mass is 240 g/mol. The van der Waals surface area contributed by atoms with Crippen LogP contribution in [0.5, 0.6) is 0 Å². The van der Waals surface area contributed by atoms with Gasteiger partial charge in [-0.25, -0.2) is 9.18 Å². The number of rotatable bonds is 5. The molecule has 17 heavy (non-hydrogen) atoms. The van der Waals surface area contributed by atoms with E-state index in [2.05, 4.69) is 5.32 Å². The fourth-order valence-corrected chi connectivity index (χ4v) is 1.48. The van der Waals surface area contributed by atoms with Gasteiger partial charge in [-0.15, -0.1) is 0 Å². The molecule has 5 heteroatoms. The van der Waals surface area contributed by atoms with Gasteiger partial charge in [-0.2, -0.15) is 0 Å². The van der Waals surface area contributed by atoms with Crippen molar-refractivity contribution < 1.29 is 14.3 Å². The second kappa shape index (κ2) is 5.63. The van der Waals surface area contributed by atoms with Gasteiger partial charge in [-0.05, 0) is 23.6 Å². The lowest BCUT2D eigenvalue weighted by molar-refractivity contribution is -0.138. The molecule has 0 saturated heterocycles. The average Bonchev–Trinajstić information content (AvgIpc) is 2.26. The highest BCUT2D eigenvalue weighted by molar-refractivity contribution is 5.77. The maximum Gasteiger partial charge on any atom is 0.326 e. The van der Waals surface area contributed by atoms with E-state index in [1.165, 1.54) is 12.1 Å². The van der Waals surface area contributed by atoms with Crippen molar-refractivity contribution in [2.45, 2.75) is 26.4 Å². The molecule has 0 radical (unpaired) electrons. The quantitative estimate of drug-likeness (QED) is 0.733. The van der Waals surface area contributed by atoms with Crippen molar-refractivity contribution >= 4 is 11.7 Å². The molecule has 1 aromatic rings. The summed E-state index contributed by atoms with van der Waals surface area (Å²) in [6.45, 7) is 3.78. The number of halogens is 1. The lowest BCUT2D eigenvalue weighted by atomic mass is 10.0. The SMILES string of the molecule is CC(C)[C@@H](Nc1ccc(CN)cc1F)C(=O)O. The van der Waals surface area contributed by atoms with E-state index in [1.54, 1.807) is 19.9 Å². The molecule has 0 aliphatic heterocycles. The van der Waals surface area contributed by atoms with Crippen LogP contribution in [0.15, 0.2) is 18.2 Å². The molecule has 0 aliphatic rings. The van der Waals surface area contributed by atoms with Crippen LogP contribution in [0.25, 0.3) is 0 Å². The van der Waals surface area contributed by atoms with Gasteiger partial charge in [0.25, 0.3) is 0 Å². The van der Waals surface area contributed by atoms with E-state index < -0.39 is 17.8 Å². The molecule has 4 nitrogen and oxygen atoms in total. The van der Waals surface area contributed by atoms with Crippen molar-refractivity contribution in [2.75, 3.05) is 5.32 Å².